The molecule has 0 radical (unpaired) electrons. The Kier molecular flexibility index (Phi) is 3.09. The standard InChI is InChI=1S/C14H28N2/c1-10-7-6-8-15-11(10)9-16-12-13(2,3)14(12,4)5/h10-12,15-16H,6-9H2,1-5H3. The number of hydrogen-bond donors (Lipinski definition) is 2. The van der Waals surface area contributed by atoms with Gasteiger partial charge in [0.1, 0.15) is 0 Å². The Morgan fingerprint density at radius 1 is 1.19 bits per heavy atom. The summed E-state index contributed by atoms with van der Waals surface area (Å²) in [5, 5.41) is 7.42. The molecule has 0 bridgehead atoms. The van der Waals surface area contributed by atoms with Crippen molar-refractivity contribution in [2.45, 2.75) is 59.5 Å². The van der Waals surface area contributed by atoms with E-state index in [-0.39, 0.29) is 0 Å². The van der Waals surface area contributed by atoms with Crippen molar-refractivity contribution >= 4 is 0 Å². The van der Waals surface area contributed by atoms with Gasteiger partial charge in [0.25, 0.3) is 0 Å². The minimum absolute atomic E-state index is 0.463. The molecule has 0 amide bonds. The van der Waals surface area contributed by atoms with Gasteiger partial charge in [-0.15, -0.1) is 0 Å². The van der Waals surface area contributed by atoms with Crippen LogP contribution in [0.2, 0.25) is 0 Å². The fourth-order valence-electron chi connectivity index (χ4n) is 3.34. The van der Waals surface area contributed by atoms with Crippen LogP contribution in [0, 0.1) is 16.7 Å². The molecule has 2 fully saturated rings. The number of rotatable bonds is 3. The Labute approximate surface area is 101 Å². The van der Waals surface area contributed by atoms with E-state index in [0.29, 0.717) is 22.9 Å². The van der Waals surface area contributed by atoms with Gasteiger partial charge in [-0.1, -0.05) is 34.6 Å². The lowest BCUT2D eigenvalue weighted by Crippen LogP contribution is -2.47. The molecule has 1 saturated carbocycles. The maximum absolute atomic E-state index is 3.77. The predicted octanol–water partition coefficient (Wildman–Crippen LogP) is 2.40. The zero-order valence-electron chi connectivity index (χ0n) is 11.6. The van der Waals surface area contributed by atoms with Crippen LogP contribution >= 0.6 is 0 Å². The second kappa shape index (κ2) is 3.99. The Bertz CT molecular complexity index is 243. The van der Waals surface area contributed by atoms with Crippen LogP contribution < -0.4 is 10.6 Å². The molecule has 2 atom stereocenters. The van der Waals surface area contributed by atoms with Crippen LogP contribution in [0.5, 0.6) is 0 Å². The van der Waals surface area contributed by atoms with Crippen LogP contribution in [0.3, 0.4) is 0 Å². The molecule has 2 aliphatic rings. The quantitative estimate of drug-likeness (QED) is 0.769. The molecule has 0 aromatic rings. The molecule has 94 valence electrons. The Morgan fingerprint density at radius 3 is 2.31 bits per heavy atom. The molecule has 0 aromatic carbocycles. The summed E-state index contributed by atoms with van der Waals surface area (Å²) in [5.74, 6) is 0.825. The lowest BCUT2D eigenvalue weighted by Gasteiger charge is -2.30. The first-order valence-corrected chi connectivity index (χ1v) is 6.84. The van der Waals surface area contributed by atoms with Crippen molar-refractivity contribution in [2.75, 3.05) is 13.1 Å². The lowest BCUT2D eigenvalue weighted by molar-refractivity contribution is 0.286. The van der Waals surface area contributed by atoms with E-state index in [9.17, 15) is 0 Å². The van der Waals surface area contributed by atoms with Gasteiger partial charge in [0, 0.05) is 18.6 Å². The van der Waals surface area contributed by atoms with Crippen molar-refractivity contribution in [1.29, 1.82) is 0 Å². The number of piperidine rings is 1. The second-order valence-electron chi connectivity index (χ2n) is 6.96. The van der Waals surface area contributed by atoms with Gasteiger partial charge in [0.2, 0.25) is 0 Å². The highest BCUT2D eigenvalue weighted by Crippen LogP contribution is 2.62. The summed E-state index contributed by atoms with van der Waals surface area (Å²) in [6.07, 6.45) is 2.73. The Morgan fingerprint density at radius 2 is 1.81 bits per heavy atom. The fourth-order valence-corrected chi connectivity index (χ4v) is 3.34. The van der Waals surface area contributed by atoms with E-state index in [1.54, 1.807) is 0 Å². The summed E-state index contributed by atoms with van der Waals surface area (Å²) in [6, 6.07) is 1.37. The van der Waals surface area contributed by atoms with E-state index in [2.05, 4.69) is 45.3 Å². The summed E-state index contributed by atoms with van der Waals surface area (Å²) in [5.41, 5.74) is 0.926. The monoisotopic (exact) mass is 224 g/mol. The summed E-state index contributed by atoms with van der Waals surface area (Å²) in [6.45, 7) is 14.2. The second-order valence-corrected chi connectivity index (χ2v) is 6.96. The number of nitrogens with one attached hydrogen (secondary N) is 2. The molecule has 2 N–H and O–H groups in total. The van der Waals surface area contributed by atoms with Crippen LogP contribution in [-0.2, 0) is 0 Å². The van der Waals surface area contributed by atoms with Crippen molar-refractivity contribution in [3.8, 4) is 0 Å². The molecule has 16 heavy (non-hydrogen) atoms. The third kappa shape index (κ3) is 1.91. The first-order valence-electron chi connectivity index (χ1n) is 6.84. The molecule has 2 nitrogen and oxygen atoms in total. The molecular formula is C14H28N2. The summed E-state index contributed by atoms with van der Waals surface area (Å²) >= 11 is 0. The zero-order chi connectivity index (χ0) is 12.0. The molecule has 0 spiro atoms. The van der Waals surface area contributed by atoms with Crippen molar-refractivity contribution in [2.24, 2.45) is 16.7 Å². The van der Waals surface area contributed by atoms with Crippen molar-refractivity contribution in [1.82, 2.24) is 10.6 Å². The fraction of sp³-hybridized carbons (Fsp3) is 1.00. The van der Waals surface area contributed by atoms with Crippen LogP contribution in [0.25, 0.3) is 0 Å². The van der Waals surface area contributed by atoms with Crippen LogP contribution in [0.15, 0.2) is 0 Å². The maximum Gasteiger partial charge on any atom is 0.0218 e. The zero-order valence-corrected chi connectivity index (χ0v) is 11.6. The molecular weight excluding hydrogens is 196 g/mol. The van der Waals surface area contributed by atoms with Gasteiger partial charge in [-0.2, -0.15) is 0 Å². The average molecular weight is 224 g/mol. The van der Waals surface area contributed by atoms with Gasteiger partial charge >= 0.3 is 0 Å². The predicted molar refractivity (Wildman–Crippen MR) is 69.5 cm³/mol. The van der Waals surface area contributed by atoms with Gasteiger partial charge in [-0.25, -0.2) is 0 Å². The maximum atomic E-state index is 3.77. The molecule has 2 unspecified atom stereocenters. The van der Waals surface area contributed by atoms with E-state index in [1.165, 1.54) is 19.4 Å². The van der Waals surface area contributed by atoms with E-state index in [4.69, 9.17) is 0 Å². The topological polar surface area (TPSA) is 24.1 Å². The largest absolute Gasteiger partial charge is 0.312 e. The highest BCUT2D eigenvalue weighted by molar-refractivity contribution is 5.17. The van der Waals surface area contributed by atoms with Gasteiger partial charge in [-0.3, -0.25) is 0 Å². The minimum Gasteiger partial charge on any atom is -0.312 e. The highest BCUT2D eigenvalue weighted by atomic mass is 15.1. The van der Waals surface area contributed by atoms with Crippen LogP contribution in [-0.4, -0.2) is 25.2 Å². The van der Waals surface area contributed by atoms with E-state index < -0.39 is 0 Å². The van der Waals surface area contributed by atoms with Crippen molar-refractivity contribution in [3.05, 3.63) is 0 Å². The Hall–Kier alpha value is -0.0800. The molecule has 2 rings (SSSR count). The molecule has 2 heteroatoms. The first-order chi connectivity index (χ1) is 7.37. The SMILES string of the molecule is CC1CCCNC1CNC1C(C)(C)C1(C)C. The van der Waals surface area contributed by atoms with Crippen molar-refractivity contribution in [3.63, 3.8) is 0 Å². The molecule has 1 heterocycles. The highest BCUT2D eigenvalue weighted by Gasteiger charge is 2.64. The normalized spacial score (nSPS) is 37.3. The third-order valence-electron chi connectivity index (χ3n) is 5.49. The lowest BCUT2D eigenvalue weighted by atomic mass is 9.93. The van der Waals surface area contributed by atoms with Crippen molar-refractivity contribution < 1.29 is 0 Å². The molecule has 0 aromatic heterocycles. The molecule has 1 aliphatic carbocycles. The van der Waals surface area contributed by atoms with E-state index >= 15 is 0 Å². The Balaban J connectivity index is 1.80. The number of hydrogen-bond acceptors (Lipinski definition) is 2. The van der Waals surface area contributed by atoms with Gasteiger partial charge in [0.15, 0.2) is 0 Å². The smallest absolute Gasteiger partial charge is 0.0218 e. The molecule has 1 aliphatic heterocycles. The first kappa shape index (κ1) is 12.4. The molecule has 1 saturated heterocycles. The minimum atomic E-state index is 0.463. The van der Waals surface area contributed by atoms with E-state index in [0.717, 1.165) is 12.5 Å². The van der Waals surface area contributed by atoms with Gasteiger partial charge in [-0.05, 0) is 36.1 Å². The third-order valence-corrected chi connectivity index (χ3v) is 5.49. The summed E-state index contributed by atoms with van der Waals surface area (Å²) < 4.78 is 0. The van der Waals surface area contributed by atoms with Gasteiger partial charge < -0.3 is 10.6 Å². The van der Waals surface area contributed by atoms with Crippen LogP contribution in [0.1, 0.15) is 47.5 Å². The average Bonchev–Trinajstić information content (AvgIpc) is 2.58. The summed E-state index contributed by atoms with van der Waals surface area (Å²) in [4.78, 5) is 0. The van der Waals surface area contributed by atoms with Gasteiger partial charge in [0.05, 0.1) is 0 Å². The van der Waals surface area contributed by atoms with Crippen LogP contribution in [0.4, 0.5) is 0 Å². The van der Waals surface area contributed by atoms with E-state index in [1.807, 2.05) is 0 Å². The summed E-state index contributed by atoms with van der Waals surface area (Å²) in [7, 11) is 0.